The number of anilines is 1. The van der Waals surface area contributed by atoms with Crippen LogP contribution in [0.5, 0.6) is 5.75 Å². The molecule has 0 spiro atoms. The average molecular weight is 369 g/mol. The molecule has 1 heterocycles. The number of carbonyl (C=O) groups is 1. The van der Waals surface area contributed by atoms with Crippen molar-refractivity contribution in [3.05, 3.63) is 59.7 Å². The van der Waals surface area contributed by atoms with Crippen LogP contribution in [0.2, 0.25) is 0 Å². The van der Waals surface area contributed by atoms with Crippen LogP contribution >= 0.6 is 0 Å². The maximum Gasteiger partial charge on any atom is 0.303 e. The number of aliphatic carboxylic acids is 1. The number of aliphatic hydroxyl groups excluding tert-OH is 1. The van der Waals surface area contributed by atoms with E-state index in [-0.39, 0.29) is 13.0 Å². The molecule has 4 N–H and O–H groups in total. The lowest BCUT2D eigenvalue weighted by molar-refractivity contribution is -0.136. The van der Waals surface area contributed by atoms with Gasteiger partial charge in [-0.1, -0.05) is 30.3 Å². The predicted molar refractivity (Wildman–Crippen MR) is 103 cm³/mol. The first-order valence-electron chi connectivity index (χ1n) is 8.87. The average Bonchev–Trinajstić information content (AvgIpc) is 3.18. The molecule has 1 atom stereocenters. The van der Waals surface area contributed by atoms with Gasteiger partial charge in [-0.2, -0.15) is 0 Å². The highest BCUT2D eigenvalue weighted by atomic mass is 16.5. The summed E-state index contributed by atoms with van der Waals surface area (Å²) in [5.41, 5.74) is 2.37. The number of nitrogens with zero attached hydrogens (tertiary/aromatic N) is 1. The Labute approximate surface area is 157 Å². The first-order valence-corrected chi connectivity index (χ1v) is 8.87. The van der Waals surface area contributed by atoms with E-state index in [4.69, 9.17) is 9.84 Å². The summed E-state index contributed by atoms with van der Waals surface area (Å²) in [5.74, 6) is 0.470. The number of carboxylic acids is 1. The van der Waals surface area contributed by atoms with Crippen LogP contribution in [-0.2, 0) is 11.2 Å². The number of para-hydroxylation sites is 1. The van der Waals surface area contributed by atoms with E-state index in [0.29, 0.717) is 12.2 Å². The summed E-state index contributed by atoms with van der Waals surface area (Å²) in [4.78, 5) is 15.1. The molecule has 0 fully saturated rings. The summed E-state index contributed by atoms with van der Waals surface area (Å²) in [5, 5.41) is 25.7. The van der Waals surface area contributed by atoms with E-state index in [1.807, 2.05) is 42.5 Å². The topological polar surface area (TPSA) is 103 Å². The summed E-state index contributed by atoms with van der Waals surface area (Å²) in [7, 11) is 0. The lowest BCUT2D eigenvalue weighted by atomic mass is 10.1. The lowest BCUT2D eigenvalue weighted by Gasteiger charge is -2.16. The van der Waals surface area contributed by atoms with Crippen molar-refractivity contribution in [2.45, 2.75) is 18.9 Å². The highest BCUT2D eigenvalue weighted by Crippen LogP contribution is 2.23. The molecule has 0 radical (unpaired) electrons. The smallest absolute Gasteiger partial charge is 0.303 e. The Hall–Kier alpha value is -3.06. The minimum Gasteiger partial charge on any atom is -0.490 e. The molecular formula is C20H23N3O4. The van der Waals surface area contributed by atoms with E-state index in [1.165, 1.54) is 0 Å². The van der Waals surface area contributed by atoms with Crippen LogP contribution in [0.25, 0.3) is 0 Å². The second-order valence-electron chi connectivity index (χ2n) is 6.24. The Morgan fingerprint density at radius 2 is 2.11 bits per heavy atom. The van der Waals surface area contributed by atoms with Crippen molar-refractivity contribution in [2.75, 3.05) is 25.0 Å². The fourth-order valence-corrected chi connectivity index (χ4v) is 2.80. The van der Waals surface area contributed by atoms with Gasteiger partial charge in [-0.25, -0.2) is 0 Å². The first kappa shape index (κ1) is 18.7. The molecule has 7 heteroatoms. The summed E-state index contributed by atoms with van der Waals surface area (Å²) in [6.45, 7) is 1.65. The number of aliphatic imine (C=N–C) groups is 1. The molecule has 0 aliphatic carbocycles. The van der Waals surface area contributed by atoms with Crippen molar-refractivity contribution < 1.29 is 19.7 Å². The van der Waals surface area contributed by atoms with Crippen LogP contribution in [0.1, 0.15) is 23.7 Å². The number of hydrogen-bond acceptors (Lipinski definition) is 6. The molecule has 0 bridgehead atoms. The van der Waals surface area contributed by atoms with E-state index >= 15 is 0 Å². The maximum atomic E-state index is 10.8. The van der Waals surface area contributed by atoms with Gasteiger partial charge in [0.15, 0.2) is 5.96 Å². The van der Waals surface area contributed by atoms with Crippen LogP contribution in [0, 0.1) is 0 Å². The molecule has 1 aliphatic rings. The highest BCUT2D eigenvalue weighted by Gasteiger charge is 2.12. The van der Waals surface area contributed by atoms with Crippen molar-refractivity contribution in [3.63, 3.8) is 0 Å². The number of benzene rings is 2. The zero-order valence-electron chi connectivity index (χ0n) is 14.9. The van der Waals surface area contributed by atoms with Gasteiger partial charge in [-0.05, 0) is 35.7 Å². The molecule has 0 aromatic heterocycles. The Morgan fingerprint density at radius 3 is 2.89 bits per heavy atom. The number of aryl methyl sites for hydroxylation is 1. The van der Waals surface area contributed by atoms with Crippen LogP contribution in [0.4, 0.5) is 5.69 Å². The van der Waals surface area contributed by atoms with Crippen molar-refractivity contribution in [2.24, 2.45) is 4.99 Å². The number of rotatable bonds is 8. The van der Waals surface area contributed by atoms with Gasteiger partial charge in [-0.3, -0.25) is 9.79 Å². The zero-order chi connectivity index (χ0) is 19.1. The standard InChI is InChI=1S/C20H23N3O4/c24-17(13-27-18-7-2-1-4-14(18)8-9-19(25)26)15-5-3-6-16(12-15)23-20-21-10-11-22-20/h1-7,12,17,24H,8-11,13H2,(H,25,26)(H2,21,22,23). The molecule has 0 saturated heterocycles. The fourth-order valence-electron chi connectivity index (χ4n) is 2.80. The largest absolute Gasteiger partial charge is 0.490 e. The Bertz CT molecular complexity index is 822. The number of nitrogens with one attached hydrogen (secondary N) is 2. The normalized spacial score (nSPS) is 14.2. The highest BCUT2D eigenvalue weighted by molar-refractivity contribution is 5.94. The quantitative estimate of drug-likeness (QED) is 0.569. The van der Waals surface area contributed by atoms with Gasteiger partial charge in [0.1, 0.15) is 18.5 Å². The molecule has 3 rings (SSSR count). The number of aliphatic hydroxyl groups is 1. The van der Waals surface area contributed by atoms with E-state index < -0.39 is 12.1 Å². The van der Waals surface area contributed by atoms with Crippen LogP contribution in [0.15, 0.2) is 53.5 Å². The monoisotopic (exact) mass is 369 g/mol. The van der Waals surface area contributed by atoms with Gasteiger partial charge in [0.2, 0.25) is 0 Å². The van der Waals surface area contributed by atoms with E-state index in [9.17, 15) is 9.90 Å². The molecular weight excluding hydrogens is 346 g/mol. The lowest BCUT2D eigenvalue weighted by Crippen LogP contribution is -2.26. The maximum absolute atomic E-state index is 10.8. The minimum absolute atomic E-state index is 0.0363. The van der Waals surface area contributed by atoms with Gasteiger partial charge in [0.25, 0.3) is 0 Å². The van der Waals surface area contributed by atoms with Crippen molar-refractivity contribution in [1.82, 2.24) is 5.32 Å². The SMILES string of the molecule is O=C(O)CCc1ccccc1OCC(O)c1cccc(NC2=NCCN2)c1. The summed E-state index contributed by atoms with van der Waals surface area (Å²) < 4.78 is 5.76. The molecule has 2 aromatic carbocycles. The Morgan fingerprint density at radius 1 is 1.26 bits per heavy atom. The van der Waals surface area contributed by atoms with E-state index in [1.54, 1.807) is 6.07 Å². The van der Waals surface area contributed by atoms with E-state index in [0.717, 1.165) is 35.9 Å². The van der Waals surface area contributed by atoms with E-state index in [2.05, 4.69) is 15.6 Å². The summed E-state index contributed by atoms with van der Waals surface area (Å²) >= 11 is 0. The Balaban J connectivity index is 1.61. The molecule has 1 unspecified atom stereocenters. The van der Waals surface area contributed by atoms with Crippen molar-refractivity contribution in [1.29, 1.82) is 0 Å². The minimum atomic E-state index is -0.851. The number of carboxylic acid groups (broad SMARTS) is 1. The van der Waals surface area contributed by atoms with Crippen molar-refractivity contribution in [3.8, 4) is 5.75 Å². The number of hydrogen-bond donors (Lipinski definition) is 4. The van der Waals surface area contributed by atoms with Gasteiger partial charge in [-0.15, -0.1) is 0 Å². The molecule has 142 valence electrons. The zero-order valence-corrected chi connectivity index (χ0v) is 14.9. The summed E-state index contributed by atoms with van der Waals surface area (Å²) in [6.07, 6.45) is -0.386. The molecule has 2 aromatic rings. The van der Waals surface area contributed by atoms with Gasteiger partial charge in [0.05, 0.1) is 6.54 Å². The second kappa shape index (κ2) is 9.05. The molecule has 7 nitrogen and oxygen atoms in total. The molecule has 0 amide bonds. The van der Waals surface area contributed by atoms with Crippen molar-refractivity contribution >= 4 is 17.6 Å². The molecule has 1 aliphatic heterocycles. The predicted octanol–water partition coefficient (Wildman–Crippen LogP) is 2.19. The summed E-state index contributed by atoms with van der Waals surface area (Å²) in [6, 6.07) is 14.7. The fraction of sp³-hybridized carbons (Fsp3) is 0.300. The third kappa shape index (κ3) is 5.46. The number of ether oxygens (including phenoxy) is 1. The first-order chi connectivity index (χ1) is 13.1. The van der Waals surface area contributed by atoms with Gasteiger partial charge >= 0.3 is 5.97 Å². The second-order valence-corrected chi connectivity index (χ2v) is 6.24. The third-order valence-electron chi connectivity index (χ3n) is 4.19. The molecule has 0 saturated carbocycles. The van der Waals surface area contributed by atoms with Crippen LogP contribution in [-0.4, -0.2) is 41.8 Å². The third-order valence-corrected chi connectivity index (χ3v) is 4.19. The van der Waals surface area contributed by atoms with Crippen LogP contribution in [0.3, 0.4) is 0 Å². The van der Waals surface area contributed by atoms with Gasteiger partial charge in [0, 0.05) is 18.7 Å². The Kier molecular flexibility index (Phi) is 6.27. The molecule has 27 heavy (non-hydrogen) atoms. The van der Waals surface area contributed by atoms with Gasteiger partial charge < -0.3 is 25.6 Å². The van der Waals surface area contributed by atoms with Crippen LogP contribution < -0.4 is 15.4 Å². The number of guanidine groups is 1.